The van der Waals surface area contributed by atoms with Crippen molar-refractivity contribution < 1.29 is 27.8 Å². The summed E-state index contributed by atoms with van der Waals surface area (Å²) in [4.78, 5) is 16.6. The van der Waals surface area contributed by atoms with Crippen molar-refractivity contribution >= 4 is 17.5 Å². The normalized spacial score (nSPS) is 19.6. The number of aromatic nitrogens is 1. The fourth-order valence-corrected chi connectivity index (χ4v) is 3.34. The fraction of sp³-hybridized carbons (Fsp3) is 0.400. The van der Waals surface area contributed by atoms with E-state index in [1.165, 1.54) is 6.07 Å². The molecule has 1 aromatic carbocycles. The van der Waals surface area contributed by atoms with E-state index in [0.717, 1.165) is 19.0 Å². The Morgan fingerprint density at radius 3 is 2.59 bits per heavy atom. The summed E-state index contributed by atoms with van der Waals surface area (Å²) >= 11 is 5.88. The molecule has 0 unspecified atom stereocenters. The number of hydrogen-bond acceptors (Lipinski definition) is 4. The standard InChI is InChI=1S/C20H20ClF3N2O3/c21-14-7-5-12(6-8-14)15-9-13(10-25-19(15)29-11-20(22,23)24)18(28)26-16-3-1-2-4-17(16)27/h5-10,16-17,27H,1-4,11H2,(H,26,28)/t16-,17-/m1/s1. The molecule has 0 spiro atoms. The van der Waals surface area contributed by atoms with Crippen LogP contribution in [0.4, 0.5) is 13.2 Å². The van der Waals surface area contributed by atoms with Gasteiger partial charge in [0.1, 0.15) is 0 Å². The van der Waals surface area contributed by atoms with Gasteiger partial charge in [-0.25, -0.2) is 4.98 Å². The van der Waals surface area contributed by atoms with Crippen LogP contribution in [0.5, 0.6) is 5.88 Å². The molecular weight excluding hydrogens is 409 g/mol. The molecule has 2 aromatic rings. The highest BCUT2D eigenvalue weighted by atomic mass is 35.5. The predicted molar refractivity (Wildman–Crippen MR) is 102 cm³/mol. The Balaban J connectivity index is 1.87. The molecule has 0 saturated heterocycles. The first kappa shape index (κ1) is 21.4. The second kappa shape index (κ2) is 9.00. The minimum atomic E-state index is -4.52. The number of rotatable bonds is 5. The SMILES string of the molecule is O=C(N[C@@H]1CCCC[C@H]1O)c1cnc(OCC(F)(F)F)c(-c2ccc(Cl)cc2)c1. The van der Waals surface area contributed by atoms with Gasteiger partial charge in [-0.15, -0.1) is 0 Å². The Kier molecular flexibility index (Phi) is 6.64. The number of ether oxygens (including phenoxy) is 1. The zero-order valence-corrected chi connectivity index (χ0v) is 16.1. The topological polar surface area (TPSA) is 71.5 Å². The van der Waals surface area contributed by atoms with Gasteiger partial charge in [0.2, 0.25) is 5.88 Å². The summed E-state index contributed by atoms with van der Waals surface area (Å²) in [6.45, 7) is -1.50. The van der Waals surface area contributed by atoms with E-state index in [9.17, 15) is 23.1 Å². The van der Waals surface area contributed by atoms with Gasteiger partial charge in [0.15, 0.2) is 6.61 Å². The van der Waals surface area contributed by atoms with E-state index in [1.54, 1.807) is 24.3 Å². The number of pyridine rings is 1. The zero-order chi connectivity index (χ0) is 21.0. The highest BCUT2D eigenvalue weighted by molar-refractivity contribution is 6.30. The van der Waals surface area contributed by atoms with Crippen LogP contribution in [0.1, 0.15) is 36.0 Å². The number of hydrogen-bond donors (Lipinski definition) is 2. The van der Waals surface area contributed by atoms with E-state index < -0.39 is 24.8 Å². The molecule has 1 aromatic heterocycles. The van der Waals surface area contributed by atoms with E-state index in [2.05, 4.69) is 10.3 Å². The lowest BCUT2D eigenvalue weighted by Crippen LogP contribution is -2.45. The summed E-state index contributed by atoms with van der Waals surface area (Å²) in [5.74, 6) is -0.695. The molecule has 1 amide bonds. The number of carbonyl (C=O) groups excluding carboxylic acids is 1. The van der Waals surface area contributed by atoms with Gasteiger partial charge in [0.05, 0.1) is 17.7 Å². The van der Waals surface area contributed by atoms with E-state index in [0.29, 0.717) is 23.4 Å². The minimum absolute atomic E-state index is 0.159. The molecular formula is C20H20ClF3N2O3. The van der Waals surface area contributed by atoms with E-state index in [1.807, 2.05) is 0 Å². The zero-order valence-electron chi connectivity index (χ0n) is 15.4. The smallest absolute Gasteiger partial charge is 0.422 e. The van der Waals surface area contributed by atoms with Crippen molar-refractivity contribution in [1.29, 1.82) is 0 Å². The van der Waals surface area contributed by atoms with Crippen molar-refractivity contribution in [1.82, 2.24) is 10.3 Å². The minimum Gasteiger partial charge on any atom is -0.468 e. The maximum absolute atomic E-state index is 12.6. The maximum Gasteiger partial charge on any atom is 0.422 e. The van der Waals surface area contributed by atoms with Gasteiger partial charge < -0.3 is 15.2 Å². The number of carbonyl (C=O) groups is 1. The van der Waals surface area contributed by atoms with Crippen LogP contribution in [0.2, 0.25) is 5.02 Å². The summed E-state index contributed by atoms with van der Waals surface area (Å²) in [7, 11) is 0. The molecule has 156 valence electrons. The van der Waals surface area contributed by atoms with Crippen LogP contribution in [0.15, 0.2) is 36.5 Å². The first-order valence-electron chi connectivity index (χ1n) is 9.17. The molecule has 3 rings (SSSR count). The lowest BCUT2D eigenvalue weighted by Gasteiger charge is -2.28. The third-order valence-corrected chi connectivity index (χ3v) is 4.94. The molecule has 29 heavy (non-hydrogen) atoms. The maximum atomic E-state index is 12.6. The van der Waals surface area contributed by atoms with Crippen molar-refractivity contribution in [3.8, 4) is 17.0 Å². The van der Waals surface area contributed by atoms with Crippen molar-refractivity contribution in [3.05, 3.63) is 47.1 Å². The third-order valence-electron chi connectivity index (χ3n) is 4.69. The number of halogens is 4. The van der Waals surface area contributed by atoms with Crippen LogP contribution in [0.25, 0.3) is 11.1 Å². The van der Waals surface area contributed by atoms with E-state index in [-0.39, 0.29) is 23.0 Å². The number of nitrogens with zero attached hydrogens (tertiary/aromatic N) is 1. The lowest BCUT2D eigenvalue weighted by atomic mass is 9.92. The molecule has 0 radical (unpaired) electrons. The second-order valence-electron chi connectivity index (χ2n) is 6.92. The van der Waals surface area contributed by atoms with Gasteiger partial charge in [-0.05, 0) is 36.6 Å². The Morgan fingerprint density at radius 1 is 1.24 bits per heavy atom. The van der Waals surface area contributed by atoms with Crippen molar-refractivity contribution in [3.63, 3.8) is 0 Å². The Hall–Kier alpha value is -2.32. The fourth-order valence-electron chi connectivity index (χ4n) is 3.21. The van der Waals surface area contributed by atoms with Crippen LogP contribution in [0.3, 0.4) is 0 Å². The average Bonchev–Trinajstić information content (AvgIpc) is 2.68. The molecule has 5 nitrogen and oxygen atoms in total. The molecule has 1 aliphatic rings. The monoisotopic (exact) mass is 428 g/mol. The van der Waals surface area contributed by atoms with Crippen molar-refractivity contribution in [2.75, 3.05) is 6.61 Å². The van der Waals surface area contributed by atoms with Crippen LogP contribution in [0, 0.1) is 0 Å². The van der Waals surface area contributed by atoms with Crippen LogP contribution in [-0.4, -0.2) is 40.9 Å². The highest BCUT2D eigenvalue weighted by Crippen LogP contribution is 2.31. The summed E-state index contributed by atoms with van der Waals surface area (Å²) in [6.07, 6.45) is -0.894. The van der Waals surface area contributed by atoms with E-state index in [4.69, 9.17) is 16.3 Å². The van der Waals surface area contributed by atoms with Crippen LogP contribution in [-0.2, 0) is 0 Å². The molecule has 2 N–H and O–H groups in total. The van der Waals surface area contributed by atoms with Gasteiger partial charge in [-0.2, -0.15) is 13.2 Å². The largest absolute Gasteiger partial charge is 0.468 e. The second-order valence-corrected chi connectivity index (χ2v) is 7.36. The van der Waals surface area contributed by atoms with E-state index >= 15 is 0 Å². The molecule has 1 saturated carbocycles. The molecule has 9 heteroatoms. The summed E-state index contributed by atoms with van der Waals surface area (Å²) in [5.41, 5.74) is 0.904. The van der Waals surface area contributed by atoms with Crippen LogP contribution < -0.4 is 10.1 Å². The number of alkyl halides is 3. The number of benzene rings is 1. The van der Waals surface area contributed by atoms with Crippen LogP contribution >= 0.6 is 11.6 Å². The first-order valence-corrected chi connectivity index (χ1v) is 9.55. The van der Waals surface area contributed by atoms with Gasteiger partial charge >= 0.3 is 6.18 Å². The molecule has 1 heterocycles. The van der Waals surface area contributed by atoms with Gasteiger partial charge in [-0.1, -0.05) is 36.6 Å². The lowest BCUT2D eigenvalue weighted by molar-refractivity contribution is -0.154. The first-order chi connectivity index (χ1) is 13.7. The number of aliphatic hydroxyl groups excluding tert-OH is 1. The van der Waals surface area contributed by atoms with Gasteiger partial charge in [0.25, 0.3) is 5.91 Å². The quantitative estimate of drug-likeness (QED) is 0.741. The van der Waals surface area contributed by atoms with Crippen molar-refractivity contribution in [2.45, 2.75) is 44.0 Å². The molecule has 1 aliphatic carbocycles. The summed E-state index contributed by atoms with van der Waals surface area (Å²) < 4.78 is 42.6. The van der Waals surface area contributed by atoms with Gasteiger partial charge in [-0.3, -0.25) is 4.79 Å². The third kappa shape index (κ3) is 5.83. The average molecular weight is 429 g/mol. The Morgan fingerprint density at radius 2 is 1.93 bits per heavy atom. The molecule has 0 aliphatic heterocycles. The predicted octanol–water partition coefficient (Wildman–Crippen LogP) is 4.38. The highest BCUT2D eigenvalue weighted by Gasteiger charge is 2.30. The Bertz CT molecular complexity index is 859. The number of nitrogens with one attached hydrogen (secondary N) is 1. The molecule has 0 bridgehead atoms. The molecule has 2 atom stereocenters. The number of amides is 1. The number of aliphatic hydroxyl groups is 1. The van der Waals surface area contributed by atoms with Gasteiger partial charge in [0, 0.05) is 16.8 Å². The van der Waals surface area contributed by atoms with Crippen molar-refractivity contribution in [2.24, 2.45) is 0 Å². The Labute approximate surface area is 170 Å². The molecule has 1 fully saturated rings. The summed E-state index contributed by atoms with van der Waals surface area (Å²) in [6, 6.07) is 7.42. The summed E-state index contributed by atoms with van der Waals surface area (Å²) in [5, 5.41) is 13.3.